The molecule has 3 N–H and O–H groups in total. The highest BCUT2D eigenvalue weighted by molar-refractivity contribution is 5.83. The fourth-order valence-corrected chi connectivity index (χ4v) is 1.19. The Labute approximate surface area is 95.8 Å². The van der Waals surface area contributed by atoms with Gasteiger partial charge in [-0.1, -0.05) is 12.1 Å². The number of hydrogen-bond donors (Lipinski definition) is 2. The Bertz CT molecular complexity index is 375. The van der Waals surface area contributed by atoms with E-state index < -0.39 is 5.54 Å². The normalized spacial score (nSPS) is 11.2. The Morgan fingerprint density at radius 3 is 2.75 bits per heavy atom. The first-order chi connectivity index (χ1) is 7.45. The SMILES string of the molecule is COc1cccc(CNC(C)(C)C(N)=O)c1. The summed E-state index contributed by atoms with van der Waals surface area (Å²) >= 11 is 0. The van der Waals surface area contributed by atoms with Gasteiger partial charge in [0, 0.05) is 6.54 Å². The van der Waals surface area contributed by atoms with Crippen LogP contribution >= 0.6 is 0 Å². The average molecular weight is 222 g/mol. The summed E-state index contributed by atoms with van der Waals surface area (Å²) in [6.07, 6.45) is 0. The van der Waals surface area contributed by atoms with Gasteiger partial charge in [0.1, 0.15) is 5.75 Å². The van der Waals surface area contributed by atoms with Crippen molar-refractivity contribution in [2.24, 2.45) is 5.73 Å². The zero-order valence-corrected chi connectivity index (χ0v) is 9.91. The number of ether oxygens (including phenoxy) is 1. The van der Waals surface area contributed by atoms with Crippen molar-refractivity contribution in [3.63, 3.8) is 0 Å². The smallest absolute Gasteiger partial charge is 0.237 e. The molecule has 0 unspecified atom stereocenters. The van der Waals surface area contributed by atoms with Crippen LogP contribution < -0.4 is 15.8 Å². The summed E-state index contributed by atoms with van der Waals surface area (Å²) in [5.74, 6) is 0.437. The van der Waals surface area contributed by atoms with E-state index in [1.54, 1.807) is 21.0 Å². The number of methoxy groups -OCH3 is 1. The lowest BCUT2D eigenvalue weighted by atomic mass is 10.0. The summed E-state index contributed by atoms with van der Waals surface area (Å²) in [4.78, 5) is 11.1. The lowest BCUT2D eigenvalue weighted by molar-refractivity contribution is -0.123. The number of primary amides is 1. The minimum absolute atomic E-state index is 0.365. The quantitative estimate of drug-likeness (QED) is 0.782. The third kappa shape index (κ3) is 3.24. The molecular formula is C12H18N2O2. The van der Waals surface area contributed by atoms with Crippen molar-refractivity contribution in [2.45, 2.75) is 25.9 Å². The molecule has 0 fully saturated rings. The number of benzene rings is 1. The molecule has 0 radical (unpaired) electrons. The van der Waals surface area contributed by atoms with E-state index in [0.29, 0.717) is 6.54 Å². The predicted molar refractivity (Wildman–Crippen MR) is 63.1 cm³/mol. The van der Waals surface area contributed by atoms with Crippen LogP contribution in [0.4, 0.5) is 0 Å². The summed E-state index contributed by atoms with van der Waals surface area (Å²) in [7, 11) is 1.62. The van der Waals surface area contributed by atoms with Crippen LogP contribution in [-0.4, -0.2) is 18.6 Å². The van der Waals surface area contributed by atoms with Gasteiger partial charge in [-0.05, 0) is 31.5 Å². The number of hydrogen-bond acceptors (Lipinski definition) is 3. The first-order valence-electron chi connectivity index (χ1n) is 5.13. The molecule has 0 saturated carbocycles. The van der Waals surface area contributed by atoms with Gasteiger partial charge in [-0.15, -0.1) is 0 Å². The number of carbonyl (C=O) groups is 1. The molecule has 0 aliphatic heterocycles. The molecule has 4 nitrogen and oxygen atoms in total. The molecule has 0 aromatic heterocycles. The second-order valence-electron chi connectivity index (χ2n) is 4.19. The van der Waals surface area contributed by atoms with E-state index in [4.69, 9.17) is 10.5 Å². The summed E-state index contributed by atoms with van der Waals surface area (Å²) in [6.45, 7) is 4.10. The van der Waals surface area contributed by atoms with E-state index in [9.17, 15) is 4.79 Å². The van der Waals surface area contributed by atoms with Crippen LogP contribution in [-0.2, 0) is 11.3 Å². The Hall–Kier alpha value is -1.55. The molecular weight excluding hydrogens is 204 g/mol. The molecule has 0 aliphatic rings. The standard InChI is InChI=1S/C12H18N2O2/c1-12(2,11(13)15)14-8-9-5-4-6-10(7-9)16-3/h4-7,14H,8H2,1-3H3,(H2,13,15). The summed E-state index contributed by atoms with van der Waals surface area (Å²) in [6, 6.07) is 7.67. The molecule has 1 aromatic rings. The van der Waals surface area contributed by atoms with Crippen LogP contribution in [0.5, 0.6) is 5.75 Å². The summed E-state index contributed by atoms with van der Waals surface area (Å²) in [5.41, 5.74) is 5.61. The largest absolute Gasteiger partial charge is 0.497 e. The molecule has 1 rings (SSSR count). The van der Waals surface area contributed by atoms with Gasteiger partial charge in [-0.2, -0.15) is 0 Å². The Morgan fingerprint density at radius 2 is 2.19 bits per heavy atom. The van der Waals surface area contributed by atoms with Crippen molar-refractivity contribution in [2.75, 3.05) is 7.11 Å². The summed E-state index contributed by atoms with van der Waals surface area (Å²) < 4.78 is 5.11. The molecule has 1 aromatic carbocycles. The molecule has 0 saturated heterocycles. The lowest BCUT2D eigenvalue weighted by Crippen LogP contribution is -2.50. The Balaban J connectivity index is 2.64. The maximum absolute atomic E-state index is 11.1. The van der Waals surface area contributed by atoms with Crippen LogP contribution in [0.15, 0.2) is 24.3 Å². The summed E-state index contributed by atoms with van der Waals surface area (Å²) in [5, 5.41) is 3.10. The number of carbonyl (C=O) groups excluding carboxylic acids is 1. The lowest BCUT2D eigenvalue weighted by Gasteiger charge is -2.22. The average Bonchev–Trinajstić information content (AvgIpc) is 2.26. The third-order valence-corrected chi connectivity index (χ3v) is 2.48. The highest BCUT2D eigenvalue weighted by Crippen LogP contribution is 2.13. The maximum atomic E-state index is 11.1. The fraction of sp³-hybridized carbons (Fsp3) is 0.417. The molecule has 0 spiro atoms. The van der Waals surface area contributed by atoms with E-state index in [-0.39, 0.29) is 5.91 Å². The maximum Gasteiger partial charge on any atom is 0.237 e. The minimum atomic E-state index is -0.705. The molecule has 88 valence electrons. The van der Waals surface area contributed by atoms with Crippen molar-refractivity contribution >= 4 is 5.91 Å². The molecule has 0 aliphatic carbocycles. The van der Waals surface area contributed by atoms with Crippen LogP contribution in [0.3, 0.4) is 0 Å². The van der Waals surface area contributed by atoms with Crippen LogP contribution in [0, 0.1) is 0 Å². The number of amides is 1. The van der Waals surface area contributed by atoms with Gasteiger partial charge in [0.05, 0.1) is 12.6 Å². The molecule has 0 bridgehead atoms. The fourth-order valence-electron chi connectivity index (χ4n) is 1.19. The second kappa shape index (κ2) is 4.99. The van der Waals surface area contributed by atoms with Crippen LogP contribution in [0.25, 0.3) is 0 Å². The van der Waals surface area contributed by atoms with Crippen molar-refractivity contribution in [3.05, 3.63) is 29.8 Å². The van der Waals surface area contributed by atoms with Gasteiger partial charge in [0.25, 0.3) is 0 Å². The Morgan fingerprint density at radius 1 is 1.50 bits per heavy atom. The number of nitrogens with two attached hydrogens (primary N) is 1. The van der Waals surface area contributed by atoms with E-state index in [1.165, 1.54) is 0 Å². The monoisotopic (exact) mass is 222 g/mol. The highest BCUT2D eigenvalue weighted by Gasteiger charge is 2.23. The topological polar surface area (TPSA) is 64.3 Å². The van der Waals surface area contributed by atoms with Gasteiger partial charge in [-0.25, -0.2) is 0 Å². The first kappa shape index (κ1) is 12.5. The van der Waals surface area contributed by atoms with Gasteiger partial charge < -0.3 is 10.5 Å². The van der Waals surface area contributed by atoms with E-state index in [0.717, 1.165) is 11.3 Å². The molecule has 0 atom stereocenters. The van der Waals surface area contributed by atoms with Gasteiger partial charge in [0.2, 0.25) is 5.91 Å². The highest BCUT2D eigenvalue weighted by atomic mass is 16.5. The Kier molecular flexibility index (Phi) is 3.90. The van der Waals surface area contributed by atoms with Gasteiger partial charge >= 0.3 is 0 Å². The predicted octanol–water partition coefficient (Wildman–Crippen LogP) is 1.05. The molecule has 4 heteroatoms. The zero-order chi connectivity index (χ0) is 12.2. The third-order valence-electron chi connectivity index (χ3n) is 2.48. The second-order valence-corrected chi connectivity index (χ2v) is 4.19. The first-order valence-corrected chi connectivity index (χ1v) is 5.13. The van der Waals surface area contributed by atoms with Gasteiger partial charge in [0.15, 0.2) is 0 Å². The van der Waals surface area contributed by atoms with Crippen molar-refractivity contribution in [3.8, 4) is 5.75 Å². The minimum Gasteiger partial charge on any atom is -0.497 e. The van der Waals surface area contributed by atoms with Gasteiger partial charge in [-0.3, -0.25) is 10.1 Å². The van der Waals surface area contributed by atoms with Crippen LogP contribution in [0.1, 0.15) is 19.4 Å². The van der Waals surface area contributed by atoms with Crippen molar-refractivity contribution < 1.29 is 9.53 Å². The number of rotatable bonds is 5. The van der Waals surface area contributed by atoms with E-state index in [2.05, 4.69) is 5.32 Å². The van der Waals surface area contributed by atoms with E-state index in [1.807, 2.05) is 24.3 Å². The molecule has 0 heterocycles. The number of nitrogens with one attached hydrogen (secondary N) is 1. The zero-order valence-electron chi connectivity index (χ0n) is 9.91. The van der Waals surface area contributed by atoms with Crippen molar-refractivity contribution in [1.82, 2.24) is 5.32 Å². The van der Waals surface area contributed by atoms with Crippen LogP contribution in [0.2, 0.25) is 0 Å². The molecule has 1 amide bonds. The van der Waals surface area contributed by atoms with E-state index >= 15 is 0 Å². The van der Waals surface area contributed by atoms with Crippen molar-refractivity contribution in [1.29, 1.82) is 0 Å². The molecule has 16 heavy (non-hydrogen) atoms.